The van der Waals surface area contributed by atoms with Gasteiger partial charge in [0, 0.05) is 46.1 Å². The summed E-state index contributed by atoms with van der Waals surface area (Å²) in [6.07, 6.45) is 9.84. The third kappa shape index (κ3) is 4.31. The molecule has 198 valence electrons. The van der Waals surface area contributed by atoms with E-state index in [0.717, 1.165) is 51.8 Å². The summed E-state index contributed by atoms with van der Waals surface area (Å²) in [5.74, 6) is -0.196. The van der Waals surface area contributed by atoms with E-state index >= 15 is 4.39 Å². The molecule has 3 N–H and O–H groups in total. The molecule has 1 fully saturated rings. The van der Waals surface area contributed by atoms with Crippen molar-refractivity contribution in [3.63, 3.8) is 0 Å². The van der Waals surface area contributed by atoms with Gasteiger partial charge >= 0.3 is 0 Å². The van der Waals surface area contributed by atoms with Crippen LogP contribution < -0.4 is 5.32 Å². The zero-order valence-electron chi connectivity index (χ0n) is 21.6. The van der Waals surface area contributed by atoms with Gasteiger partial charge in [-0.1, -0.05) is 31.6 Å². The van der Waals surface area contributed by atoms with Crippen molar-refractivity contribution in [2.45, 2.75) is 25.7 Å². The monoisotopic (exact) mass is 532 g/mol. The molecule has 1 aliphatic carbocycles. The standard InChI is InChI=1S/C32H26F2N6/c1-18(19-4-2-3-5-19)37-23-12-21(16-35-17-23)25-13-27-29(15-28(25)34)39-40-31(27)30-14-26-24(10-11-36-32(26)38-30)20-6-8-22(33)9-7-20/h6-17,19,37H,1-5H2,(H,36,38)(H,39,40). The lowest BCUT2D eigenvalue weighted by Crippen LogP contribution is -2.07. The number of hydrogen-bond donors (Lipinski definition) is 3. The second-order valence-corrected chi connectivity index (χ2v) is 10.4. The molecule has 7 rings (SSSR count). The van der Waals surface area contributed by atoms with Crippen LogP contribution in [0.4, 0.5) is 14.5 Å². The van der Waals surface area contributed by atoms with Crippen LogP contribution in [0.5, 0.6) is 0 Å². The Bertz CT molecular complexity index is 1880. The molecule has 4 heterocycles. The largest absolute Gasteiger partial charge is 0.358 e. The number of benzene rings is 2. The van der Waals surface area contributed by atoms with E-state index < -0.39 is 0 Å². The summed E-state index contributed by atoms with van der Waals surface area (Å²) in [4.78, 5) is 12.2. The SMILES string of the molecule is C=C(Nc1cncc(-c2cc3c(-c4cc5c(-c6ccc(F)cc6)ccnc5[nH]4)n[nH]c3cc2F)c1)C1CCCC1. The molecule has 4 aromatic heterocycles. The molecular weight excluding hydrogens is 506 g/mol. The maximum Gasteiger partial charge on any atom is 0.138 e. The normalized spacial score (nSPS) is 13.8. The minimum absolute atomic E-state index is 0.287. The maximum atomic E-state index is 15.3. The van der Waals surface area contributed by atoms with Crippen LogP contribution in [-0.4, -0.2) is 25.1 Å². The summed E-state index contributed by atoms with van der Waals surface area (Å²) in [6, 6.07) is 15.4. The molecule has 8 heteroatoms. The number of rotatable bonds is 6. The number of anilines is 1. The molecule has 2 aromatic carbocycles. The number of nitrogens with zero attached hydrogens (tertiary/aromatic N) is 3. The van der Waals surface area contributed by atoms with Crippen molar-refractivity contribution >= 4 is 27.6 Å². The van der Waals surface area contributed by atoms with E-state index in [9.17, 15) is 4.39 Å². The Balaban J connectivity index is 1.27. The number of nitrogens with one attached hydrogen (secondary N) is 3. The molecular formula is C32H26F2N6. The van der Waals surface area contributed by atoms with E-state index in [1.165, 1.54) is 31.0 Å². The molecule has 0 unspecified atom stereocenters. The minimum Gasteiger partial charge on any atom is -0.358 e. The van der Waals surface area contributed by atoms with Gasteiger partial charge in [-0.15, -0.1) is 0 Å². The van der Waals surface area contributed by atoms with E-state index in [2.05, 4.69) is 37.0 Å². The smallest absolute Gasteiger partial charge is 0.138 e. The van der Waals surface area contributed by atoms with Crippen LogP contribution in [0, 0.1) is 17.6 Å². The highest BCUT2D eigenvalue weighted by Gasteiger charge is 2.20. The summed E-state index contributed by atoms with van der Waals surface area (Å²) >= 11 is 0. The topological polar surface area (TPSA) is 82.3 Å². The van der Waals surface area contributed by atoms with Gasteiger partial charge in [0.1, 0.15) is 23.0 Å². The number of H-pyrrole nitrogens is 2. The van der Waals surface area contributed by atoms with Crippen molar-refractivity contribution in [3.05, 3.63) is 97.1 Å². The van der Waals surface area contributed by atoms with Gasteiger partial charge in [0.2, 0.25) is 0 Å². The molecule has 0 atom stereocenters. The molecule has 0 bridgehead atoms. The molecule has 0 amide bonds. The van der Waals surface area contributed by atoms with E-state index in [-0.39, 0.29) is 11.6 Å². The lowest BCUT2D eigenvalue weighted by atomic mass is 10.0. The van der Waals surface area contributed by atoms with Gasteiger partial charge in [0.15, 0.2) is 0 Å². The number of pyridine rings is 2. The van der Waals surface area contributed by atoms with Crippen LogP contribution in [0.1, 0.15) is 25.7 Å². The Hall–Kier alpha value is -4.85. The van der Waals surface area contributed by atoms with Crippen molar-refractivity contribution in [1.82, 2.24) is 25.1 Å². The van der Waals surface area contributed by atoms with E-state index in [1.54, 1.807) is 36.8 Å². The Kier molecular flexibility index (Phi) is 5.88. The Morgan fingerprint density at radius 2 is 1.73 bits per heavy atom. The van der Waals surface area contributed by atoms with Crippen molar-refractivity contribution in [3.8, 4) is 33.6 Å². The minimum atomic E-state index is -0.367. The van der Waals surface area contributed by atoms with Crippen molar-refractivity contribution < 1.29 is 8.78 Å². The predicted molar refractivity (Wildman–Crippen MR) is 154 cm³/mol. The Morgan fingerprint density at radius 1 is 0.900 bits per heavy atom. The third-order valence-electron chi connectivity index (χ3n) is 7.79. The van der Waals surface area contributed by atoms with Crippen LogP contribution in [-0.2, 0) is 0 Å². The first kappa shape index (κ1) is 24.2. The molecule has 1 aliphatic rings. The third-order valence-corrected chi connectivity index (χ3v) is 7.79. The molecule has 6 aromatic rings. The number of allylic oxidation sites excluding steroid dienone is 1. The van der Waals surface area contributed by atoms with Crippen LogP contribution in [0.3, 0.4) is 0 Å². The molecule has 6 nitrogen and oxygen atoms in total. The number of aromatic amines is 2. The van der Waals surface area contributed by atoms with Crippen molar-refractivity contribution in [2.24, 2.45) is 5.92 Å². The lowest BCUT2D eigenvalue weighted by Gasteiger charge is -2.16. The van der Waals surface area contributed by atoms with Crippen molar-refractivity contribution in [1.29, 1.82) is 0 Å². The van der Waals surface area contributed by atoms with E-state index in [1.807, 2.05) is 18.2 Å². The average Bonchev–Trinajstić information content (AvgIpc) is 3.72. The number of fused-ring (bicyclic) bond motifs is 2. The van der Waals surface area contributed by atoms with Crippen LogP contribution in [0.25, 0.3) is 55.6 Å². The van der Waals surface area contributed by atoms with Gasteiger partial charge in [0.25, 0.3) is 0 Å². The summed E-state index contributed by atoms with van der Waals surface area (Å²) < 4.78 is 28.8. The van der Waals surface area contributed by atoms with Crippen LogP contribution >= 0.6 is 0 Å². The lowest BCUT2D eigenvalue weighted by molar-refractivity contribution is 0.628. The summed E-state index contributed by atoms with van der Waals surface area (Å²) in [7, 11) is 0. The molecule has 0 aliphatic heterocycles. The first-order chi connectivity index (χ1) is 19.5. The predicted octanol–water partition coefficient (Wildman–Crippen LogP) is 8.23. The van der Waals surface area contributed by atoms with E-state index in [0.29, 0.717) is 33.9 Å². The highest BCUT2D eigenvalue weighted by Crippen LogP contribution is 2.36. The van der Waals surface area contributed by atoms with Crippen LogP contribution in [0.15, 0.2) is 85.5 Å². The molecule has 0 radical (unpaired) electrons. The molecule has 40 heavy (non-hydrogen) atoms. The summed E-state index contributed by atoms with van der Waals surface area (Å²) in [6.45, 7) is 4.23. The number of hydrogen-bond acceptors (Lipinski definition) is 4. The van der Waals surface area contributed by atoms with Crippen molar-refractivity contribution in [2.75, 3.05) is 5.32 Å². The molecule has 0 spiro atoms. The first-order valence-corrected chi connectivity index (χ1v) is 13.4. The van der Waals surface area contributed by atoms with Gasteiger partial charge in [-0.3, -0.25) is 10.1 Å². The zero-order chi connectivity index (χ0) is 27.2. The Morgan fingerprint density at radius 3 is 2.55 bits per heavy atom. The Labute approximate surface area is 229 Å². The maximum absolute atomic E-state index is 15.3. The highest BCUT2D eigenvalue weighted by molar-refractivity contribution is 6.00. The fraction of sp³-hybridized carbons (Fsp3) is 0.156. The quantitative estimate of drug-likeness (QED) is 0.202. The van der Waals surface area contributed by atoms with Gasteiger partial charge in [-0.05, 0) is 66.3 Å². The van der Waals surface area contributed by atoms with Gasteiger partial charge < -0.3 is 10.3 Å². The second kappa shape index (κ2) is 9.72. The number of aromatic nitrogens is 5. The summed E-state index contributed by atoms with van der Waals surface area (Å²) in [5, 5.41) is 12.5. The van der Waals surface area contributed by atoms with Gasteiger partial charge in [-0.2, -0.15) is 5.10 Å². The number of halogens is 2. The molecule has 0 saturated heterocycles. The fourth-order valence-electron chi connectivity index (χ4n) is 5.72. The highest BCUT2D eigenvalue weighted by atomic mass is 19.1. The van der Waals surface area contributed by atoms with Gasteiger partial charge in [-0.25, -0.2) is 13.8 Å². The van der Waals surface area contributed by atoms with Crippen LogP contribution in [0.2, 0.25) is 0 Å². The zero-order valence-corrected chi connectivity index (χ0v) is 21.6. The fourth-order valence-corrected chi connectivity index (χ4v) is 5.72. The second-order valence-electron chi connectivity index (χ2n) is 10.4. The first-order valence-electron chi connectivity index (χ1n) is 13.4. The molecule has 1 saturated carbocycles. The van der Waals surface area contributed by atoms with E-state index in [4.69, 9.17) is 0 Å². The van der Waals surface area contributed by atoms with Gasteiger partial charge in [0.05, 0.1) is 23.1 Å². The summed E-state index contributed by atoms with van der Waals surface area (Å²) in [5.41, 5.74) is 7.32. The average molecular weight is 533 g/mol.